The van der Waals surface area contributed by atoms with Gasteiger partial charge in [-0.25, -0.2) is 4.98 Å². The van der Waals surface area contributed by atoms with Crippen molar-refractivity contribution in [3.63, 3.8) is 0 Å². The molecule has 3 aromatic rings. The summed E-state index contributed by atoms with van der Waals surface area (Å²) in [6.07, 6.45) is 5.12. The molecule has 6 nitrogen and oxygen atoms in total. The minimum Gasteiger partial charge on any atom is -0.375 e. The van der Waals surface area contributed by atoms with Gasteiger partial charge in [-0.15, -0.1) is 0 Å². The topological polar surface area (TPSA) is 67.2 Å². The predicted octanol–water partition coefficient (Wildman–Crippen LogP) is 4.25. The molecule has 168 valence electrons. The number of thioether (sulfide) groups is 1. The van der Waals surface area contributed by atoms with E-state index in [4.69, 9.17) is 4.98 Å². The normalized spacial score (nSPS) is 14.0. The lowest BCUT2D eigenvalue weighted by Crippen LogP contribution is -2.30. The Labute approximate surface area is 193 Å². The molecular formula is C25H30N4O2S. The third kappa shape index (κ3) is 5.33. The fourth-order valence-electron chi connectivity index (χ4n) is 4.25. The first-order valence-corrected chi connectivity index (χ1v) is 12.3. The number of anilines is 1. The van der Waals surface area contributed by atoms with Crippen LogP contribution in [0.4, 0.5) is 5.69 Å². The summed E-state index contributed by atoms with van der Waals surface area (Å²) in [5.41, 5.74) is 1.87. The highest BCUT2D eigenvalue weighted by Gasteiger charge is 2.23. The molecule has 1 N–H and O–H groups in total. The monoisotopic (exact) mass is 450 g/mol. The number of aromatic nitrogens is 2. The second kappa shape index (κ2) is 10.7. The molecule has 0 unspecified atom stereocenters. The molecule has 1 saturated carbocycles. The Balaban J connectivity index is 1.34. The molecule has 2 aromatic carbocycles. The van der Waals surface area contributed by atoms with E-state index in [0.29, 0.717) is 22.6 Å². The van der Waals surface area contributed by atoms with Gasteiger partial charge in [-0.05, 0) is 43.5 Å². The Bertz CT molecular complexity index is 1110. The molecule has 1 aliphatic carbocycles. The van der Waals surface area contributed by atoms with Crippen LogP contribution in [0.2, 0.25) is 0 Å². The average Bonchev–Trinajstić information content (AvgIpc) is 3.35. The molecular weight excluding hydrogens is 420 g/mol. The molecule has 0 radical (unpaired) electrons. The summed E-state index contributed by atoms with van der Waals surface area (Å²) in [6, 6.07) is 17.9. The summed E-state index contributed by atoms with van der Waals surface area (Å²) in [6.45, 7) is 1.49. The first-order valence-electron chi connectivity index (χ1n) is 11.3. The van der Waals surface area contributed by atoms with Gasteiger partial charge in [-0.3, -0.25) is 14.2 Å². The summed E-state index contributed by atoms with van der Waals surface area (Å²) in [5.74, 6) is 0.226. The second-order valence-corrected chi connectivity index (χ2v) is 9.22. The van der Waals surface area contributed by atoms with Crippen LogP contribution >= 0.6 is 11.8 Å². The molecule has 32 heavy (non-hydrogen) atoms. The van der Waals surface area contributed by atoms with Crippen LogP contribution in [-0.4, -0.2) is 41.3 Å². The van der Waals surface area contributed by atoms with Crippen molar-refractivity contribution in [2.45, 2.75) is 43.3 Å². The number of benzene rings is 2. The van der Waals surface area contributed by atoms with Gasteiger partial charge in [0.15, 0.2) is 5.16 Å². The smallest absolute Gasteiger partial charge is 0.262 e. The molecule has 0 spiro atoms. The summed E-state index contributed by atoms with van der Waals surface area (Å²) in [5, 5.41) is 4.30. The van der Waals surface area contributed by atoms with E-state index in [1.54, 1.807) is 0 Å². The van der Waals surface area contributed by atoms with E-state index in [-0.39, 0.29) is 23.3 Å². The number of hydrogen-bond acceptors (Lipinski definition) is 5. The van der Waals surface area contributed by atoms with Gasteiger partial charge in [-0.2, -0.15) is 0 Å². The van der Waals surface area contributed by atoms with E-state index >= 15 is 0 Å². The Morgan fingerprint density at radius 1 is 1.12 bits per heavy atom. The minimum absolute atomic E-state index is 0.00866. The van der Waals surface area contributed by atoms with Crippen LogP contribution in [0, 0.1) is 0 Å². The number of para-hydroxylation sites is 2. The molecule has 1 aromatic heterocycles. The van der Waals surface area contributed by atoms with Crippen LogP contribution < -0.4 is 15.8 Å². The zero-order valence-corrected chi connectivity index (χ0v) is 19.3. The van der Waals surface area contributed by atoms with Crippen molar-refractivity contribution in [3.8, 4) is 0 Å². The number of fused-ring (bicyclic) bond motifs is 1. The number of nitrogens with zero attached hydrogens (tertiary/aromatic N) is 3. The van der Waals surface area contributed by atoms with Crippen LogP contribution in [0.3, 0.4) is 0 Å². The van der Waals surface area contributed by atoms with Crippen molar-refractivity contribution in [2.75, 3.05) is 30.8 Å². The number of nitrogens with one attached hydrogen (secondary N) is 1. The number of rotatable bonds is 9. The first kappa shape index (κ1) is 22.4. The summed E-state index contributed by atoms with van der Waals surface area (Å²) < 4.78 is 1.84. The number of amides is 1. The molecule has 0 atom stereocenters. The fourth-order valence-corrected chi connectivity index (χ4v) is 5.14. The maximum atomic E-state index is 13.2. The lowest BCUT2D eigenvalue weighted by molar-refractivity contribution is -0.118. The number of hydrogen-bond donors (Lipinski definition) is 1. The number of carbonyl (C=O) groups excluding carboxylic acids is 1. The molecule has 7 heteroatoms. The van der Waals surface area contributed by atoms with E-state index in [1.165, 1.54) is 17.4 Å². The molecule has 0 bridgehead atoms. The molecule has 4 rings (SSSR count). The third-order valence-corrected chi connectivity index (χ3v) is 6.94. The van der Waals surface area contributed by atoms with Crippen LogP contribution in [-0.2, 0) is 4.79 Å². The number of carbonyl (C=O) groups is 1. The summed E-state index contributed by atoms with van der Waals surface area (Å²) >= 11 is 1.36. The van der Waals surface area contributed by atoms with Gasteiger partial charge in [-0.1, -0.05) is 54.9 Å². The summed E-state index contributed by atoms with van der Waals surface area (Å²) in [7, 11) is 2.06. The predicted molar refractivity (Wildman–Crippen MR) is 132 cm³/mol. The maximum absolute atomic E-state index is 13.2. The Morgan fingerprint density at radius 2 is 1.84 bits per heavy atom. The minimum atomic E-state index is -0.0299. The molecule has 1 heterocycles. The van der Waals surface area contributed by atoms with Gasteiger partial charge in [0, 0.05) is 31.9 Å². The van der Waals surface area contributed by atoms with Crippen molar-refractivity contribution in [1.29, 1.82) is 0 Å². The van der Waals surface area contributed by atoms with Gasteiger partial charge < -0.3 is 10.2 Å². The highest BCUT2D eigenvalue weighted by molar-refractivity contribution is 7.99. The van der Waals surface area contributed by atoms with Crippen molar-refractivity contribution >= 4 is 34.3 Å². The Hall–Kier alpha value is -2.80. The van der Waals surface area contributed by atoms with Crippen molar-refractivity contribution < 1.29 is 4.79 Å². The SMILES string of the molecule is CN(CCCNC(=O)CSc1nc2ccccc2c(=O)n1C1CCCC1)c1ccccc1. The molecule has 1 amide bonds. The van der Waals surface area contributed by atoms with Crippen molar-refractivity contribution in [2.24, 2.45) is 0 Å². The molecule has 0 aliphatic heterocycles. The van der Waals surface area contributed by atoms with E-state index in [2.05, 4.69) is 29.4 Å². The Morgan fingerprint density at radius 3 is 2.62 bits per heavy atom. The highest BCUT2D eigenvalue weighted by Crippen LogP contribution is 2.32. The van der Waals surface area contributed by atoms with Gasteiger partial charge in [0.2, 0.25) is 5.91 Å². The molecule has 1 fully saturated rings. The van der Waals surface area contributed by atoms with Gasteiger partial charge in [0.05, 0.1) is 16.7 Å². The second-order valence-electron chi connectivity index (χ2n) is 8.27. The van der Waals surface area contributed by atoms with Gasteiger partial charge in [0.25, 0.3) is 5.56 Å². The van der Waals surface area contributed by atoms with Crippen LogP contribution in [0.1, 0.15) is 38.1 Å². The fraction of sp³-hybridized carbons (Fsp3) is 0.400. The average molecular weight is 451 g/mol. The van der Waals surface area contributed by atoms with E-state index in [9.17, 15) is 9.59 Å². The molecule has 1 aliphatic rings. The van der Waals surface area contributed by atoms with Crippen LogP contribution in [0.25, 0.3) is 10.9 Å². The van der Waals surface area contributed by atoms with E-state index < -0.39 is 0 Å². The zero-order chi connectivity index (χ0) is 22.3. The van der Waals surface area contributed by atoms with Crippen molar-refractivity contribution in [3.05, 3.63) is 65.0 Å². The van der Waals surface area contributed by atoms with Gasteiger partial charge in [0.1, 0.15) is 0 Å². The summed E-state index contributed by atoms with van der Waals surface area (Å²) in [4.78, 5) is 32.6. The van der Waals surface area contributed by atoms with E-state index in [0.717, 1.165) is 38.6 Å². The van der Waals surface area contributed by atoms with Crippen LogP contribution in [0.15, 0.2) is 64.5 Å². The lowest BCUT2D eigenvalue weighted by atomic mass is 10.2. The zero-order valence-electron chi connectivity index (χ0n) is 18.5. The largest absolute Gasteiger partial charge is 0.375 e. The standard InChI is InChI=1S/C25H30N4O2S/c1-28(19-10-3-2-4-11-19)17-9-16-26-23(30)18-32-25-27-22-15-8-7-14-21(22)24(31)29(25)20-12-5-6-13-20/h2-4,7-8,10-11,14-15,20H,5-6,9,12-13,16-18H2,1H3,(H,26,30). The lowest BCUT2D eigenvalue weighted by Gasteiger charge is -2.19. The van der Waals surface area contributed by atoms with Crippen LogP contribution in [0.5, 0.6) is 0 Å². The Kier molecular flexibility index (Phi) is 7.47. The van der Waals surface area contributed by atoms with Gasteiger partial charge >= 0.3 is 0 Å². The third-order valence-electron chi connectivity index (χ3n) is 5.99. The quantitative estimate of drug-likeness (QED) is 0.300. The maximum Gasteiger partial charge on any atom is 0.262 e. The first-order chi connectivity index (χ1) is 15.6. The van der Waals surface area contributed by atoms with E-state index in [1.807, 2.05) is 47.0 Å². The van der Waals surface area contributed by atoms with Crippen molar-refractivity contribution in [1.82, 2.24) is 14.9 Å². The molecule has 0 saturated heterocycles. The highest BCUT2D eigenvalue weighted by atomic mass is 32.2.